The zero-order valence-corrected chi connectivity index (χ0v) is 9.29. The molecule has 5 heteroatoms. The van der Waals surface area contributed by atoms with Crippen LogP contribution in [0.25, 0.3) is 0 Å². The molecule has 0 aliphatic rings. The van der Waals surface area contributed by atoms with Gasteiger partial charge in [0, 0.05) is 6.04 Å². The number of alkyl halides is 3. The molecule has 15 heavy (non-hydrogen) atoms. The third-order valence-corrected chi connectivity index (χ3v) is 2.72. The number of rotatable bonds is 5. The van der Waals surface area contributed by atoms with Crippen molar-refractivity contribution in [1.82, 2.24) is 5.32 Å². The lowest BCUT2D eigenvalue weighted by Gasteiger charge is -2.19. The smallest absolute Gasteiger partial charge is 0.310 e. The van der Waals surface area contributed by atoms with Gasteiger partial charge in [-0.2, -0.15) is 24.5 Å². The molecule has 1 rings (SSSR count). The Labute approximate surface area is 91.3 Å². The van der Waals surface area contributed by atoms with Gasteiger partial charge < -0.3 is 5.32 Å². The molecule has 1 heterocycles. The summed E-state index contributed by atoms with van der Waals surface area (Å²) < 4.78 is 36.9. The Hall–Kier alpha value is -0.550. The Morgan fingerprint density at radius 3 is 2.67 bits per heavy atom. The second kappa shape index (κ2) is 5.51. The van der Waals surface area contributed by atoms with Crippen LogP contribution in [0.1, 0.15) is 31.4 Å². The molecule has 1 aromatic heterocycles. The highest BCUT2D eigenvalue weighted by molar-refractivity contribution is 7.07. The summed E-state index contributed by atoms with van der Waals surface area (Å²) in [5.74, 6) is 0. The molecule has 0 saturated heterocycles. The summed E-state index contributed by atoms with van der Waals surface area (Å²) in [6.07, 6.45) is -4.09. The summed E-state index contributed by atoms with van der Waals surface area (Å²) in [6, 6.07) is 1.14. The van der Waals surface area contributed by atoms with Crippen molar-refractivity contribution in [3.63, 3.8) is 0 Å². The van der Waals surface area contributed by atoms with Crippen molar-refractivity contribution in [3.8, 4) is 0 Å². The van der Waals surface area contributed by atoms with Gasteiger partial charge in [0.2, 0.25) is 0 Å². The molecule has 0 aliphatic carbocycles. The number of halogens is 3. The van der Waals surface area contributed by atoms with Gasteiger partial charge in [0.15, 0.2) is 0 Å². The maximum Gasteiger partial charge on any atom is 0.390 e. The van der Waals surface area contributed by atoms with Crippen LogP contribution < -0.4 is 5.32 Å². The Morgan fingerprint density at radius 2 is 2.20 bits per heavy atom. The van der Waals surface area contributed by atoms with Gasteiger partial charge in [-0.3, -0.25) is 0 Å². The lowest BCUT2D eigenvalue weighted by molar-refractivity contribution is -0.140. The van der Waals surface area contributed by atoms with Crippen LogP contribution in [0.4, 0.5) is 13.2 Å². The molecule has 0 spiro atoms. The summed E-state index contributed by atoms with van der Waals surface area (Å²) >= 11 is 1.42. The van der Waals surface area contributed by atoms with E-state index < -0.39 is 18.6 Å². The third-order valence-electron chi connectivity index (χ3n) is 2.02. The average Bonchev–Trinajstić information content (AvgIpc) is 2.63. The van der Waals surface area contributed by atoms with E-state index in [2.05, 4.69) is 5.32 Å². The Morgan fingerprint density at radius 1 is 1.47 bits per heavy atom. The average molecular weight is 237 g/mol. The van der Waals surface area contributed by atoms with Crippen LogP contribution in [0.15, 0.2) is 16.8 Å². The number of nitrogens with one attached hydrogen (secondary N) is 1. The van der Waals surface area contributed by atoms with E-state index >= 15 is 0 Å². The van der Waals surface area contributed by atoms with Crippen LogP contribution in [-0.2, 0) is 0 Å². The summed E-state index contributed by atoms with van der Waals surface area (Å²) in [7, 11) is 0. The molecule has 86 valence electrons. The Kier molecular flexibility index (Phi) is 4.60. The van der Waals surface area contributed by atoms with E-state index in [-0.39, 0.29) is 0 Å². The van der Waals surface area contributed by atoms with Crippen molar-refractivity contribution in [2.75, 3.05) is 6.54 Å². The van der Waals surface area contributed by atoms with Gasteiger partial charge in [-0.05, 0) is 35.4 Å². The molecule has 0 saturated carbocycles. The minimum atomic E-state index is -4.12. The van der Waals surface area contributed by atoms with E-state index in [0.717, 1.165) is 12.0 Å². The van der Waals surface area contributed by atoms with Crippen LogP contribution in [-0.4, -0.2) is 12.7 Å². The molecule has 0 fully saturated rings. The largest absolute Gasteiger partial charge is 0.390 e. The van der Waals surface area contributed by atoms with Crippen LogP contribution in [0.2, 0.25) is 0 Å². The maximum atomic E-state index is 12.3. The molecule has 0 radical (unpaired) electrons. The first-order valence-electron chi connectivity index (χ1n) is 4.85. The fraction of sp³-hybridized carbons (Fsp3) is 0.600. The van der Waals surface area contributed by atoms with Gasteiger partial charge in [-0.15, -0.1) is 0 Å². The van der Waals surface area contributed by atoms with Gasteiger partial charge in [-0.25, -0.2) is 0 Å². The zero-order valence-electron chi connectivity index (χ0n) is 8.47. The third kappa shape index (κ3) is 4.66. The second-order valence-corrected chi connectivity index (χ2v) is 4.16. The molecule has 0 aromatic carbocycles. The van der Waals surface area contributed by atoms with Gasteiger partial charge >= 0.3 is 6.18 Å². The van der Waals surface area contributed by atoms with Gasteiger partial charge in [0.1, 0.15) is 0 Å². The highest BCUT2D eigenvalue weighted by Crippen LogP contribution is 2.30. The predicted octanol–water partition coefficient (Wildman–Crippen LogP) is 3.74. The summed E-state index contributed by atoms with van der Waals surface area (Å²) in [6.45, 7) is 2.54. The first-order chi connectivity index (χ1) is 7.03. The second-order valence-electron chi connectivity index (χ2n) is 3.38. The lowest BCUT2D eigenvalue weighted by Crippen LogP contribution is -2.26. The van der Waals surface area contributed by atoms with E-state index in [0.29, 0.717) is 6.54 Å². The molecule has 1 N–H and O–H groups in total. The molecule has 0 bridgehead atoms. The molecule has 0 aliphatic heterocycles. The molecule has 1 aromatic rings. The monoisotopic (exact) mass is 237 g/mol. The minimum Gasteiger partial charge on any atom is -0.310 e. The summed E-state index contributed by atoms with van der Waals surface area (Å²) in [5, 5.41) is 6.48. The van der Waals surface area contributed by atoms with E-state index in [1.54, 1.807) is 16.8 Å². The topological polar surface area (TPSA) is 12.0 Å². The van der Waals surface area contributed by atoms with Crippen molar-refractivity contribution in [2.45, 2.75) is 32.0 Å². The van der Waals surface area contributed by atoms with Gasteiger partial charge in [0.05, 0.1) is 6.42 Å². The number of hydrogen-bond acceptors (Lipinski definition) is 2. The fourth-order valence-corrected chi connectivity index (χ4v) is 2.05. The van der Waals surface area contributed by atoms with Crippen molar-refractivity contribution in [1.29, 1.82) is 0 Å². The summed E-state index contributed by atoms with van der Waals surface area (Å²) in [4.78, 5) is 0. The SMILES string of the molecule is CCCNC(CC(F)(F)F)c1ccsc1. The van der Waals surface area contributed by atoms with Gasteiger partial charge in [0.25, 0.3) is 0 Å². The highest BCUT2D eigenvalue weighted by atomic mass is 32.1. The number of hydrogen-bond donors (Lipinski definition) is 1. The maximum absolute atomic E-state index is 12.3. The van der Waals surface area contributed by atoms with E-state index in [1.807, 2.05) is 6.92 Å². The van der Waals surface area contributed by atoms with E-state index in [4.69, 9.17) is 0 Å². The van der Waals surface area contributed by atoms with Crippen LogP contribution in [0.5, 0.6) is 0 Å². The van der Waals surface area contributed by atoms with E-state index in [1.165, 1.54) is 11.3 Å². The summed E-state index contributed by atoms with van der Waals surface area (Å²) in [5.41, 5.74) is 0.728. The zero-order chi connectivity index (χ0) is 11.3. The standard InChI is InChI=1S/C10H14F3NS/c1-2-4-14-9(6-10(11,12)13)8-3-5-15-7-8/h3,5,7,9,14H,2,4,6H2,1H3. The van der Waals surface area contributed by atoms with Crippen LogP contribution >= 0.6 is 11.3 Å². The van der Waals surface area contributed by atoms with Crippen molar-refractivity contribution in [2.24, 2.45) is 0 Å². The van der Waals surface area contributed by atoms with Crippen LogP contribution in [0, 0.1) is 0 Å². The molecular weight excluding hydrogens is 223 g/mol. The van der Waals surface area contributed by atoms with Gasteiger partial charge in [-0.1, -0.05) is 6.92 Å². The van der Waals surface area contributed by atoms with Crippen LogP contribution in [0.3, 0.4) is 0 Å². The predicted molar refractivity (Wildman–Crippen MR) is 56.0 cm³/mol. The minimum absolute atomic E-state index is 0.601. The fourth-order valence-electron chi connectivity index (χ4n) is 1.33. The molecule has 1 unspecified atom stereocenters. The first-order valence-corrected chi connectivity index (χ1v) is 5.79. The Balaban J connectivity index is 2.62. The first kappa shape index (κ1) is 12.5. The van der Waals surface area contributed by atoms with Crippen molar-refractivity contribution < 1.29 is 13.2 Å². The molecule has 1 nitrogen and oxygen atoms in total. The number of thiophene rings is 1. The quantitative estimate of drug-likeness (QED) is 0.822. The van der Waals surface area contributed by atoms with E-state index in [9.17, 15) is 13.2 Å². The Bertz CT molecular complexity index is 269. The molecular formula is C10H14F3NS. The lowest BCUT2D eigenvalue weighted by atomic mass is 10.1. The van der Waals surface area contributed by atoms with Crippen molar-refractivity contribution >= 4 is 11.3 Å². The highest BCUT2D eigenvalue weighted by Gasteiger charge is 2.32. The molecule has 0 amide bonds. The normalized spacial score (nSPS) is 14.1. The van der Waals surface area contributed by atoms with Crippen molar-refractivity contribution in [3.05, 3.63) is 22.4 Å². The molecule has 1 atom stereocenters.